The molecule has 0 aliphatic carbocycles. The van der Waals surface area contributed by atoms with Gasteiger partial charge in [0.05, 0.1) is 19.3 Å². The van der Waals surface area contributed by atoms with Gasteiger partial charge in [0.15, 0.2) is 0 Å². The molecule has 2 atom stereocenters. The Kier molecular flexibility index (Phi) is 5.53. The van der Waals surface area contributed by atoms with Crippen LogP contribution < -0.4 is 10.5 Å². The van der Waals surface area contributed by atoms with E-state index in [1.165, 1.54) is 0 Å². The largest absolute Gasteiger partial charge is 0.496 e. The first-order valence-corrected chi connectivity index (χ1v) is 4.23. The third kappa shape index (κ3) is 2.87. The summed E-state index contributed by atoms with van der Waals surface area (Å²) in [5, 5.41) is 9.31. The lowest BCUT2D eigenvalue weighted by atomic mass is 10.0. The van der Waals surface area contributed by atoms with Crippen LogP contribution in [0, 0.1) is 0 Å². The number of aliphatic hydroxyl groups excluding tert-OH is 1. The van der Waals surface area contributed by atoms with E-state index in [2.05, 4.69) is 0 Å². The van der Waals surface area contributed by atoms with E-state index in [1.807, 2.05) is 24.3 Å². The summed E-state index contributed by atoms with van der Waals surface area (Å²) < 4.78 is 5.13. The van der Waals surface area contributed by atoms with Crippen LogP contribution in [-0.2, 0) is 0 Å². The van der Waals surface area contributed by atoms with Gasteiger partial charge in [-0.25, -0.2) is 0 Å². The number of aliphatic hydroxyl groups is 1. The lowest BCUT2D eigenvalue weighted by Gasteiger charge is -2.17. The highest BCUT2D eigenvalue weighted by Gasteiger charge is 2.15. The van der Waals surface area contributed by atoms with Gasteiger partial charge in [-0.15, -0.1) is 12.4 Å². The number of ether oxygens (including phenoxy) is 1. The van der Waals surface area contributed by atoms with Gasteiger partial charge in [0.1, 0.15) is 5.75 Å². The molecule has 3 N–H and O–H groups in total. The fourth-order valence-corrected chi connectivity index (χ4v) is 1.20. The summed E-state index contributed by atoms with van der Waals surface area (Å²) in [7, 11) is 1.59. The summed E-state index contributed by atoms with van der Waals surface area (Å²) in [6, 6.07) is 7.04. The van der Waals surface area contributed by atoms with Crippen LogP contribution >= 0.6 is 12.4 Å². The minimum Gasteiger partial charge on any atom is -0.496 e. The highest BCUT2D eigenvalue weighted by atomic mass is 35.5. The molecule has 3 nitrogen and oxygen atoms in total. The molecule has 0 aliphatic heterocycles. The monoisotopic (exact) mass is 217 g/mol. The SMILES string of the molecule is COc1ccccc1[C@H](N)[C@@H](C)O.Cl. The van der Waals surface area contributed by atoms with Crippen molar-refractivity contribution in [1.29, 1.82) is 0 Å². The molecule has 0 aromatic heterocycles. The first-order chi connectivity index (χ1) is 6.16. The third-order valence-electron chi connectivity index (χ3n) is 2.02. The van der Waals surface area contributed by atoms with E-state index < -0.39 is 12.1 Å². The quantitative estimate of drug-likeness (QED) is 0.807. The Balaban J connectivity index is 0.00000169. The minimum atomic E-state index is -0.573. The van der Waals surface area contributed by atoms with Gasteiger partial charge in [0, 0.05) is 5.56 Å². The molecule has 0 heterocycles. The van der Waals surface area contributed by atoms with E-state index in [1.54, 1.807) is 14.0 Å². The fourth-order valence-electron chi connectivity index (χ4n) is 1.20. The maximum atomic E-state index is 9.31. The molecule has 0 unspecified atom stereocenters. The van der Waals surface area contributed by atoms with E-state index in [0.29, 0.717) is 0 Å². The predicted octanol–water partition coefficient (Wildman–Crippen LogP) is 1.50. The van der Waals surface area contributed by atoms with Gasteiger partial charge in [-0.05, 0) is 13.0 Å². The van der Waals surface area contributed by atoms with E-state index in [4.69, 9.17) is 10.5 Å². The molecule has 0 saturated heterocycles. The summed E-state index contributed by atoms with van der Waals surface area (Å²) >= 11 is 0. The molecule has 1 aromatic carbocycles. The van der Waals surface area contributed by atoms with Crippen LogP contribution in [0.3, 0.4) is 0 Å². The van der Waals surface area contributed by atoms with Crippen molar-refractivity contribution in [2.24, 2.45) is 5.73 Å². The number of hydrogen-bond acceptors (Lipinski definition) is 3. The van der Waals surface area contributed by atoms with Crippen molar-refractivity contribution < 1.29 is 9.84 Å². The van der Waals surface area contributed by atoms with Gasteiger partial charge in [0.2, 0.25) is 0 Å². The van der Waals surface area contributed by atoms with Crippen molar-refractivity contribution >= 4 is 12.4 Å². The van der Waals surface area contributed by atoms with Crippen molar-refractivity contribution in [3.63, 3.8) is 0 Å². The van der Waals surface area contributed by atoms with Crippen LogP contribution in [0.1, 0.15) is 18.5 Å². The maximum absolute atomic E-state index is 9.31. The van der Waals surface area contributed by atoms with Gasteiger partial charge in [-0.2, -0.15) is 0 Å². The number of para-hydroxylation sites is 1. The smallest absolute Gasteiger partial charge is 0.123 e. The second-order valence-electron chi connectivity index (χ2n) is 3.01. The van der Waals surface area contributed by atoms with Crippen LogP contribution in [0.4, 0.5) is 0 Å². The Hall–Kier alpha value is -0.770. The maximum Gasteiger partial charge on any atom is 0.123 e. The van der Waals surface area contributed by atoms with E-state index in [-0.39, 0.29) is 12.4 Å². The van der Waals surface area contributed by atoms with Gasteiger partial charge < -0.3 is 15.6 Å². The molecule has 0 aliphatic rings. The zero-order chi connectivity index (χ0) is 9.84. The fraction of sp³-hybridized carbons (Fsp3) is 0.400. The lowest BCUT2D eigenvalue weighted by molar-refractivity contribution is 0.162. The molecular weight excluding hydrogens is 202 g/mol. The zero-order valence-corrected chi connectivity index (χ0v) is 9.12. The normalized spacial score (nSPS) is 14.0. The van der Waals surface area contributed by atoms with E-state index >= 15 is 0 Å². The van der Waals surface area contributed by atoms with Crippen molar-refractivity contribution in [2.45, 2.75) is 19.1 Å². The predicted molar refractivity (Wildman–Crippen MR) is 58.9 cm³/mol. The minimum absolute atomic E-state index is 0. The number of halogens is 1. The van der Waals surface area contributed by atoms with Gasteiger partial charge >= 0.3 is 0 Å². The van der Waals surface area contributed by atoms with E-state index in [0.717, 1.165) is 11.3 Å². The van der Waals surface area contributed by atoms with Crippen LogP contribution in [0.5, 0.6) is 5.75 Å². The Labute approximate surface area is 90.3 Å². The summed E-state index contributed by atoms with van der Waals surface area (Å²) in [6.45, 7) is 1.66. The lowest BCUT2D eigenvalue weighted by Crippen LogP contribution is -2.23. The standard InChI is InChI=1S/C10H15NO2.ClH/c1-7(12)10(11)8-5-3-4-6-9(8)13-2;/h3-7,10,12H,11H2,1-2H3;1H/t7-,10-;/m1./s1. The highest BCUT2D eigenvalue weighted by Crippen LogP contribution is 2.24. The van der Waals surface area contributed by atoms with Gasteiger partial charge in [-0.3, -0.25) is 0 Å². The Morgan fingerprint density at radius 1 is 1.36 bits per heavy atom. The Bertz CT molecular complexity index is 279. The molecular formula is C10H16ClNO2. The average Bonchev–Trinajstić information content (AvgIpc) is 2.16. The molecule has 1 rings (SSSR count). The van der Waals surface area contributed by atoms with Crippen LogP contribution in [0.15, 0.2) is 24.3 Å². The molecule has 4 heteroatoms. The Morgan fingerprint density at radius 2 is 1.93 bits per heavy atom. The second-order valence-corrected chi connectivity index (χ2v) is 3.01. The van der Waals surface area contributed by atoms with Gasteiger partial charge in [0.25, 0.3) is 0 Å². The zero-order valence-electron chi connectivity index (χ0n) is 8.31. The molecule has 0 radical (unpaired) electrons. The first-order valence-electron chi connectivity index (χ1n) is 4.23. The van der Waals surface area contributed by atoms with Crippen molar-refractivity contribution in [3.05, 3.63) is 29.8 Å². The van der Waals surface area contributed by atoms with Crippen LogP contribution in [0.2, 0.25) is 0 Å². The highest BCUT2D eigenvalue weighted by molar-refractivity contribution is 5.85. The number of methoxy groups -OCH3 is 1. The summed E-state index contributed by atoms with van der Waals surface area (Å²) in [5.74, 6) is 0.718. The second kappa shape index (κ2) is 5.86. The average molecular weight is 218 g/mol. The number of rotatable bonds is 3. The molecule has 1 aromatic rings. The molecule has 0 saturated carbocycles. The third-order valence-corrected chi connectivity index (χ3v) is 2.02. The molecule has 0 fully saturated rings. The summed E-state index contributed by atoms with van der Waals surface area (Å²) in [4.78, 5) is 0. The number of benzene rings is 1. The van der Waals surface area contributed by atoms with Gasteiger partial charge in [-0.1, -0.05) is 18.2 Å². The molecule has 80 valence electrons. The van der Waals surface area contributed by atoms with Crippen LogP contribution in [-0.4, -0.2) is 18.3 Å². The molecule has 0 spiro atoms. The molecule has 0 amide bonds. The van der Waals surface area contributed by atoms with Crippen molar-refractivity contribution in [3.8, 4) is 5.75 Å². The Morgan fingerprint density at radius 3 is 2.43 bits per heavy atom. The molecule has 0 bridgehead atoms. The number of nitrogens with two attached hydrogens (primary N) is 1. The topological polar surface area (TPSA) is 55.5 Å². The van der Waals surface area contributed by atoms with Crippen molar-refractivity contribution in [2.75, 3.05) is 7.11 Å². The number of hydrogen-bond donors (Lipinski definition) is 2. The van der Waals surface area contributed by atoms with Crippen molar-refractivity contribution in [1.82, 2.24) is 0 Å². The summed E-state index contributed by atoms with van der Waals surface area (Å²) in [5.41, 5.74) is 6.62. The molecule has 14 heavy (non-hydrogen) atoms. The first kappa shape index (κ1) is 13.2. The summed E-state index contributed by atoms with van der Waals surface area (Å²) in [6.07, 6.45) is -0.573. The van der Waals surface area contributed by atoms with E-state index in [9.17, 15) is 5.11 Å². The van der Waals surface area contributed by atoms with Crippen LogP contribution in [0.25, 0.3) is 0 Å².